The Balaban J connectivity index is 1.88. The number of hydrogen-bond donors (Lipinski definition) is 2. The van der Waals surface area contributed by atoms with Crippen molar-refractivity contribution in [1.82, 2.24) is 0 Å². The van der Waals surface area contributed by atoms with Gasteiger partial charge in [0.25, 0.3) is 0 Å². The van der Waals surface area contributed by atoms with Crippen LogP contribution in [0.4, 0.5) is 11.4 Å². The molecule has 3 rings (SSSR count). The molecule has 17 heavy (non-hydrogen) atoms. The average molecular weight is 242 g/mol. The van der Waals surface area contributed by atoms with E-state index in [-0.39, 0.29) is 6.17 Å². The lowest BCUT2D eigenvalue weighted by atomic mass is 10.2. The Kier molecular flexibility index (Phi) is 2.69. The van der Waals surface area contributed by atoms with Crippen LogP contribution >= 0.6 is 11.8 Å². The lowest BCUT2D eigenvalue weighted by molar-refractivity contribution is 0.941. The molecule has 2 aromatic carbocycles. The number of thioether (sulfide) groups is 1. The first-order valence-corrected chi connectivity index (χ1v) is 6.85. The monoisotopic (exact) mass is 242 g/mol. The zero-order chi connectivity index (χ0) is 11.7. The lowest BCUT2D eigenvalue weighted by Gasteiger charge is -2.12. The second-order valence-corrected chi connectivity index (χ2v) is 4.92. The molecule has 0 radical (unpaired) electrons. The van der Waals surface area contributed by atoms with Gasteiger partial charge in [-0.05, 0) is 30.0 Å². The number of hydrogen-bond acceptors (Lipinski definition) is 3. The summed E-state index contributed by atoms with van der Waals surface area (Å²) in [5.41, 5.74) is 3.62. The number of fused-ring (bicyclic) bond motifs is 1. The molecule has 0 aromatic heterocycles. The van der Waals surface area contributed by atoms with Gasteiger partial charge in [0.05, 0.1) is 11.4 Å². The van der Waals surface area contributed by atoms with Gasteiger partial charge in [-0.1, -0.05) is 30.3 Å². The molecule has 3 heteroatoms. The van der Waals surface area contributed by atoms with Gasteiger partial charge in [-0.2, -0.15) is 0 Å². The summed E-state index contributed by atoms with van der Waals surface area (Å²) < 4.78 is 0. The Hall–Kier alpha value is -1.61. The van der Waals surface area contributed by atoms with Crippen LogP contribution in [0, 0.1) is 0 Å². The highest BCUT2D eigenvalue weighted by atomic mass is 32.2. The minimum atomic E-state index is 0.184. The Morgan fingerprint density at radius 1 is 0.941 bits per heavy atom. The van der Waals surface area contributed by atoms with Gasteiger partial charge >= 0.3 is 0 Å². The van der Waals surface area contributed by atoms with E-state index in [1.807, 2.05) is 6.07 Å². The van der Waals surface area contributed by atoms with Gasteiger partial charge in [-0.3, -0.25) is 0 Å². The molecule has 86 valence electrons. The molecule has 1 aliphatic rings. The zero-order valence-electron chi connectivity index (χ0n) is 9.60. The highest BCUT2D eigenvalue weighted by molar-refractivity contribution is 7.98. The smallest absolute Gasteiger partial charge is 0.123 e. The third kappa shape index (κ3) is 1.98. The Bertz CT molecular complexity index is 525. The van der Waals surface area contributed by atoms with E-state index in [2.05, 4.69) is 59.4 Å². The van der Waals surface area contributed by atoms with E-state index in [0.717, 1.165) is 0 Å². The summed E-state index contributed by atoms with van der Waals surface area (Å²) in [5, 5.41) is 6.98. The van der Waals surface area contributed by atoms with Gasteiger partial charge in [0.1, 0.15) is 6.17 Å². The van der Waals surface area contributed by atoms with Crippen molar-refractivity contribution in [1.29, 1.82) is 0 Å². The maximum atomic E-state index is 3.50. The van der Waals surface area contributed by atoms with E-state index >= 15 is 0 Å². The van der Waals surface area contributed by atoms with Crippen LogP contribution in [0.25, 0.3) is 0 Å². The molecule has 0 spiro atoms. The van der Waals surface area contributed by atoms with Gasteiger partial charge in [-0.15, -0.1) is 11.8 Å². The van der Waals surface area contributed by atoms with Crippen molar-refractivity contribution in [2.75, 3.05) is 16.9 Å². The highest BCUT2D eigenvalue weighted by Gasteiger charge is 2.20. The molecule has 1 unspecified atom stereocenters. The van der Waals surface area contributed by atoms with Crippen molar-refractivity contribution in [2.24, 2.45) is 0 Å². The van der Waals surface area contributed by atoms with E-state index in [0.29, 0.717) is 0 Å². The average Bonchev–Trinajstić information content (AvgIpc) is 2.82. The van der Waals surface area contributed by atoms with Crippen LogP contribution < -0.4 is 10.6 Å². The van der Waals surface area contributed by atoms with E-state index in [4.69, 9.17) is 0 Å². The predicted molar refractivity (Wildman–Crippen MR) is 74.7 cm³/mol. The fraction of sp³-hybridized carbons (Fsp3) is 0.143. The number of anilines is 2. The largest absolute Gasteiger partial charge is 0.360 e. The van der Waals surface area contributed by atoms with Crippen LogP contribution in [0.1, 0.15) is 11.7 Å². The van der Waals surface area contributed by atoms with Gasteiger partial charge in [-0.25, -0.2) is 0 Å². The SMILES string of the molecule is CSc1ccc2c(c1)NC(c1ccccc1)N2. The van der Waals surface area contributed by atoms with E-state index in [1.54, 1.807) is 11.8 Å². The van der Waals surface area contributed by atoms with E-state index in [9.17, 15) is 0 Å². The highest BCUT2D eigenvalue weighted by Crippen LogP contribution is 2.37. The minimum Gasteiger partial charge on any atom is -0.360 e. The maximum absolute atomic E-state index is 3.50. The summed E-state index contributed by atoms with van der Waals surface area (Å²) in [6.07, 6.45) is 2.28. The Labute approximate surface area is 105 Å². The normalized spacial score (nSPS) is 17.1. The van der Waals surface area contributed by atoms with Crippen LogP contribution in [0.2, 0.25) is 0 Å². The molecule has 0 fully saturated rings. The zero-order valence-corrected chi connectivity index (χ0v) is 10.4. The summed E-state index contributed by atoms with van der Waals surface area (Å²) >= 11 is 1.76. The Morgan fingerprint density at radius 3 is 2.47 bits per heavy atom. The van der Waals surface area contributed by atoms with Crippen LogP contribution in [0.3, 0.4) is 0 Å². The first-order valence-electron chi connectivity index (χ1n) is 5.63. The summed E-state index contributed by atoms with van der Waals surface area (Å²) in [5.74, 6) is 0. The summed E-state index contributed by atoms with van der Waals surface area (Å²) in [4.78, 5) is 1.28. The van der Waals surface area contributed by atoms with Crippen LogP contribution in [0.5, 0.6) is 0 Å². The fourth-order valence-corrected chi connectivity index (χ4v) is 2.49. The molecule has 0 bridgehead atoms. The lowest BCUT2D eigenvalue weighted by Crippen LogP contribution is -2.11. The summed E-state index contributed by atoms with van der Waals surface area (Å²) in [6.45, 7) is 0. The second kappa shape index (κ2) is 4.34. The molecule has 0 saturated carbocycles. The molecule has 2 aromatic rings. The summed E-state index contributed by atoms with van der Waals surface area (Å²) in [6, 6.07) is 16.9. The number of benzene rings is 2. The second-order valence-electron chi connectivity index (χ2n) is 4.04. The van der Waals surface area contributed by atoms with Gasteiger partial charge in [0.2, 0.25) is 0 Å². The molecule has 1 atom stereocenters. The van der Waals surface area contributed by atoms with Gasteiger partial charge < -0.3 is 10.6 Å². The third-order valence-corrected chi connectivity index (χ3v) is 3.68. The standard InChI is InChI=1S/C14H14N2S/c1-17-11-7-8-12-13(9-11)16-14(15-12)10-5-3-2-4-6-10/h2-9,14-16H,1H3. The van der Waals surface area contributed by atoms with Gasteiger partial charge in [0.15, 0.2) is 0 Å². The number of nitrogens with one attached hydrogen (secondary N) is 2. The minimum absolute atomic E-state index is 0.184. The van der Waals surface area contributed by atoms with Crippen LogP contribution in [0.15, 0.2) is 53.4 Å². The van der Waals surface area contributed by atoms with Crippen LogP contribution in [-0.4, -0.2) is 6.26 Å². The van der Waals surface area contributed by atoms with Crippen molar-refractivity contribution < 1.29 is 0 Å². The Morgan fingerprint density at radius 2 is 1.71 bits per heavy atom. The number of rotatable bonds is 2. The molecule has 0 aliphatic carbocycles. The third-order valence-electron chi connectivity index (χ3n) is 2.96. The molecule has 1 aliphatic heterocycles. The quantitative estimate of drug-likeness (QED) is 0.780. The topological polar surface area (TPSA) is 24.1 Å². The van der Waals surface area contributed by atoms with Crippen molar-refractivity contribution >= 4 is 23.1 Å². The van der Waals surface area contributed by atoms with Gasteiger partial charge in [0, 0.05) is 4.90 Å². The molecule has 2 N–H and O–H groups in total. The van der Waals surface area contributed by atoms with Crippen molar-refractivity contribution in [2.45, 2.75) is 11.1 Å². The first-order chi connectivity index (χ1) is 8.36. The fourth-order valence-electron chi connectivity index (χ4n) is 2.05. The molecule has 1 heterocycles. The van der Waals surface area contributed by atoms with Crippen molar-refractivity contribution in [3.05, 3.63) is 54.1 Å². The van der Waals surface area contributed by atoms with E-state index in [1.165, 1.54) is 21.8 Å². The van der Waals surface area contributed by atoms with Crippen molar-refractivity contribution in [3.8, 4) is 0 Å². The van der Waals surface area contributed by atoms with E-state index < -0.39 is 0 Å². The summed E-state index contributed by atoms with van der Waals surface area (Å²) in [7, 11) is 0. The molecule has 0 saturated heterocycles. The van der Waals surface area contributed by atoms with Crippen molar-refractivity contribution in [3.63, 3.8) is 0 Å². The molecule has 0 amide bonds. The molecular weight excluding hydrogens is 228 g/mol. The first kappa shape index (κ1) is 10.5. The van der Waals surface area contributed by atoms with Crippen LogP contribution in [-0.2, 0) is 0 Å². The maximum Gasteiger partial charge on any atom is 0.123 e. The predicted octanol–water partition coefficient (Wildman–Crippen LogP) is 3.94. The molecular formula is C14H14N2S. The molecule has 2 nitrogen and oxygen atoms in total.